The van der Waals surface area contributed by atoms with E-state index in [-0.39, 0.29) is 30.3 Å². The number of ether oxygens (including phenoxy) is 2. The van der Waals surface area contributed by atoms with E-state index in [2.05, 4.69) is 31.3 Å². The van der Waals surface area contributed by atoms with Crippen LogP contribution in [-0.4, -0.2) is 47.1 Å². The van der Waals surface area contributed by atoms with E-state index < -0.39 is 18.0 Å². The molecule has 2 aliphatic rings. The second-order valence-electron chi connectivity index (χ2n) is 10.1. The number of hydrogen-bond acceptors (Lipinski definition) is 6. The van der Waals surface area contributed by atoms with E-state index in [0.717, 1.165) is 34.3 Å². The predicted molar refractivity (Wildman–Crippen MR) is 127 cm³/mol. The molecule has 0 unspecified atom stereocenters. The molecule has 1 aliphatic heterocycles. The monoisotopic (exact) mass is 465 g/mol. The number of benzene rings is 2. The molecule has 3 N–H and O–H groups in total. The Morgan fingerprint density at radius 2 is 2.06 bits per heavy atom. The molecule has 2 heterocycles. The number of carbonyl (C=O) groups is 1. The molecule has 0 radical (unpaired) electrons. The molecular formula is C27H31NO6. The number of carboxylic acid groups (broad SMARTS) is 1. The van der Waals surface area contributed by atoms with E-state index >= 15 is 0 Å². The molecule has 0 spiro atoms. The average Bonchev–Trinajstić information content (AvgIpc) is 3.12. The first-order chi connectivity index (χ1) is 16.2. The zero-order valence-electron chi connectivity index (χ0n) is 19.7. The predicted octanol–water partition coefficient (Wildman–Crippen LogP) is 4.04. The molecule has 5 rings (SSSR count). The molecule has 180 valence electrons. The van der Waals surface area contributed by atoms with Gasteiger partial charge >= 0.3 is 5.97 Å². The molecule has 0 bridgehead atoms. The number of aliphatic hydroxyl groups is 1. The largest absolute Gasteiger partial charge is 0.489 e. The number of aliphatic hydroxyl groups excluding tert-OH is 1. The minimum Gasteiger partial charge on any atom is -0.489 e. The average molecular weight is 466 g/mol. The van der Waals surface area contributed by atoms with Crippen molar-refractivity contribution in [2.24, 2.45) is 5.92 Å². The van der Waals surface area contributed by atoms with Crippen molar-refractivity contribution in [3.05, 3.63) is 65.4 Å². The van der Waals surface area contributed by atoms with Crippen LogP contribution in [0.15, 0.2) is 53.1 Å². The van der Waals surface area contributed by atoms with Crippen molar-refractivity contribution in [2.75, 3.05) is 13.2 Å². The van der Waals surface area contributed by atoms with Gasteiger partial charge in [0.2, 0.25) is 0 Å². The SMILES string of the molecule is C[C@@H](OC[C@H](O)CNC(C)(C)Cc1ccc2occc2c1)c1cccc2c1[C@@H]1[C@H](O2)[C@H]1C(=O)O. The standard InChI is InChI=1S/C27H31NO6/c1-15(19-5-4-6-21-22(19)23-24(26(30)31)25(23)34-21)33-14-18(29)13-28-27(2,3)12-16-7-8-20-17(11-16)9-10-32-20/h4-11,15,18,23-25,28-29H,12-14H2,1-3H3,(H,30,31)/t15-,18-,23+,24+,25+/m1/s1. The van der Waals surface area contributed by atoms with E-state index in [9.17, 15) is 15.0 Å². The van der Waals surface area contributed by atoms with Crippen molar-refractivity contribution >= 4 is 16.9 Å². The van der Waals surface area contributed by atoms with Gasteiger partial charge in [0, 0.05) is 29.0 Å². The summed E-state index contributed by atoms with van der Waals surface area (Å²) in [5, 5.41) is 24.5. The fourth-order valence-electron chi connectivity index (χ4n) is 5.09. The summed E-state index contributed by atoms with van der Waals surface area (Å²) < 4.78 is 17.2. The summed E-state index contributed by atoms with van der Waals surface area (Å²) in [7, 11) is 0. The molecule has 0 amide bonds. The maximum absolute atomic E-state index is 11.4. The summed E-state index contributed by atoms with van der Waals surface area (Å²) in [5.41, 5.74) is 3.74. The molecule has 1 aliphatic carbocycles. The summed E-state index contributed by atoms with van der Waals surface area (Å²) >= 11 is 0. The fourth-order valence-corrected chi connectivity index (χ4v) is 5.09. The second kappa shape index (κ2) is 8.73. The fraction of sp³-hybridized carbons (Fsp3) is 0.444. The van der Waals surface area contributed by atoms with E-state index in [1.54, 1.807) is 6.26 Å². The molecule has 1 fully saturated rings. The summed E-state index contributed by atoms with van der Waals surface area (Å²) in [6.07, 6.45) is 1.27. The minimum atomic E-state index is -0.821. The van der Waals surface area contributed by atoms with E-state index in [1.807, 2.05) is 37.3 Å². The highest BCUT2D eigenvalue weighted by atomic mass is 16.5. The number of β-amino-alcohol motifs (C(OH)–C–C–N with tert-alkyl or cyclic N) is 1. The van der Waals surface area contributed by atoms with Crippen LogP contribution >= 0.6 is 0 Å². The zero-order valence-corrected chi connectivity index (χ0v) is 19.7. The lowest BCUT2D eigenvalue weighted by atomic mass is 9.94. The van der Waals surface area contributed by atoms with Crippen molar-refractivity contribution in [1.82, 2.24) is 5.32 Å². The Hall–Kier alpha value is -2.87. The molecule has 1 aromatic heterocycles. The van der Waals surface area contributed by atoms with Crippen molar-refractivity contribution in [3.8, 4) is 5.75 Å². The van der Waals surface area contributed by atoms with Crippen molar-refractivity contribution in [1.29, 1.82) is 0 Å². The van der Waals surface area contributed by atoms with E-state index in [0.29, 0.717) is 6.54 Å². The van der Waals surface area contributed by atoms with Crippen LogP contribution < -0.4 is 10.1 Å². The molecule has 0 saturated heterocycles. The van der Waals surface area contributed by atoms with Crippen LogP contribution in [0.25, 0.3) is 11.0 Å². The Balaban J connectivity index is 1.14. The molecular weight excluding hydrogens is 434 g/mol. The van der Waals surface area contributed by atoms with Gasteiger partial charge in [-0.3, -0.25) is 4.79 Å². The lowest BCUT2D eigenvalue weighted by Gasteiger charge is -2.28. The second-order valence-corrected chi connectivity index (χ2v) is 10.1. The molecule has 1 saturated carbocycles. The van der Waals surface area contributed by atoms with Crippen LogP contribution in [-0.2, 0) is 16.0 Å². The van der Waals surface area contributed by atoms with Gasteiger partial charge in [0.1, 0.15) is 23.4 Å². The van der Waals surface area contributed by atoms with Crippen LogP contribution in [0.4, 0.5) is 0 Å². The topological polar surface area (TPSA) is 101 Å². The lowest BCUT2D eigenvalue weighted by Crippen LogP contribution is -2.46. The van der Waals surface area contributed by atoms with Gasteiger partial charge in [-0.15, -0.1) is 0 Å². The van der Waals surface area contributed by atoms with Crippen molar-refractivity contribution in [3.63, 3.8) is 0 Å². The number of carboxylic acids is 1. The maximum atomic E-state index is 11.4. The summed E-state index contributed by atoms with van der Waals surface area (Å²) in [4.78, 5) is 11.4. The zero-order chi connectivity index (χ0) is 24.0. The van der Waals surface area contributed by atoms with Crippen molar-refractivity contribution < 1.29 is 28.9 Å². The number of fused-ring (bicyclic) bond motifs is 4. The minimum absolute atomic E-state index is 0.108. The molecule has 2 aromatic carbocycles. The summed E-state index contributed by atoms with van der Waals surface area (Å²) in [5.74, 6) is -0.661. The Morgan fingerprint density at radius 1 is 1.24 bits per heavy atom. The first-order valence-corrected chi connectivity index (χ1v) is 11.8. The van der Waals surface area contributed by atoms with Gasteiger partial charge in [0.05, 0.1) is 25.1 Å². The van der Waals surface area contributed by atoms with Crippen LogP contribution in [0.3, 0.4) is 0 Å². The number of hydrogen-bond donors (Lipinski definition) is 3. The highest BCUT2D eigenvalue weighted by Crippen LogP contribution is 2.60. The van der Waals surface area contributed by atoms with Crippen LogP contribution in [0.5, 0.6) is 5.75 Å². The third kappa shape index (κ3) is 4.43. The lowest BCUT2D eigenvalue weighted by molar-refractivity contribution is -0.139. The third-order valence-electron chi connectivity index (χ3n) is 6.89. The van der Waals surface area contributed by atoms with E-state index in [4.69, 9.17) is 13.9 Å². The molecule has 34 heavy (non-hydrogen) atoms. The van der Waals surface area contributed by atoms with Crippen LogP contribution in [0, 0.1) is 5.92 Å². The van der Waals surface area contributed by atoms with Gasteiger partial charge in [0.15, 0.2) is 0 Å². The number of furan rings is 1. The maximum Gasteiger partial charge on any atom is 0.311 e. The van der Waals surface area contributed by atoms with Crippen molar-refractivity contribution in [2.45, 2.75) is 57.0 Å². The third-order valence-corrected chi connectivity index (χ3v) is 6.89. The van der Waals surface area contributed by atoms with Gasteiger partial charge in [-0.05, 0) is 62.6 Å². The van der Waals surface area contributed by atoms with Gasteiger partial charge in [-0.1, -0.05) is 18.2 Å². The van der Waals surface area contributed by atoms with Gasteiger partial charge in [-0.2, -0.15) is 0 Å². The summed E-state index contributed by atoms with van der Waals surface area (Å²) in [6.45, 7) is 6.72. The first kappa shape index (κ1) is 22.9. The quantitative estimate of drug-likeness (QED) is 0.415. The number of aliphatic carboxylic acids is 1. The van der Waals surface area contributed by atoms with Crippen LogP contribution in [0.1, 0.15) is 49.5 Å². The van der Waals surface area contributed by atoms with Gasteiger partial charge < -0.3 is 29.4 Å². The van der Waals surface area contributed by atoms with Gasteiger partial charge in [-0.25, -0.2) is 0 Å². The molecule has 7 heteroatoms. The normalized spacial score (nSPS) is 22.6. The Morgan fingerprint density at radius 3 is 2.85 bits per heavy atom. The Kier molecular flexibility index (Phi) is 5.88. The molecule has 3 aromatic rings. The smallest absolute Gasteiger partial charge is 0.311 e. The van der Waals surface area contributed by atoms with E-state index in [1.165, 1.54) is 5.56 Å². The molecule has 5 atom stereocenters. The highest BCUT2D eigenvalue weighted by Gasteiger charge is 2.63. The van der Waals surface area contributed by atoms with Crippen LogP contribution in [0.2, 0.25) is 0 Å². The molecule has 7 nitrogen and oxygen atoms in total. The first-order valence-electron chi connectivity index (χ1n) is 11.8. The Bertz CT molecular complexity index is 1200. The Labute approximate surface area is 198 Å². The summed E-state index contributed by atoms with van der Waals surface area (Å²) in [6, 6.07) is 13.9. The number of rotatable bonds is 10. The highest BCUT2D eigenvalue weighted by molar-refractivity contribution is 5.79. The van der Waals surface area contributed by atoms with Gasteiger partial charge in [0.25, 0.3) is 0 Å². The number of nitrogens with one attached hydrogen (secondary N) is 1.